The summed E-state index contributed by atoms with van der Waals surface area (Å²) in [5.74, 6) is 0.583. The van der Waals surface area contributed by atoms with E-state index in [-0.39, 0.29) is 12.0 Å². The fourth-order valence-electron chi connectivity index (χ4n) is 1.38. The molecule has 1 atom stereocenters. The molecule has 2 N–H and O–H groups in total. The maximum atomic E-state index is 10.9. The zero-order chi connectivity index (χ0) is 12.7. The van der Waals surface area contributed by atoms with Crippen LogP contribution in [0, 0.1) is 0 Å². The van der Waals surface area contributed by atoms with E-state index in [0.29, 0.717) is 19.4 Å². The molecule has 1 aromatic rings. The van der Waals surface area contributed by atoms with Crippen LogP contribution in [0.25, 0.3) is 0 Å². The molecule has 0 radical (unpaired) electrons. The zero-order valence-electron chi connectivity index (χ0n) is 10.3. The molecular formula is C13H19NO3. The largest absolute Gasteiger partial charge is 0.494 e. The van der Waals surface area contributed by atoms with E-state index >= 15 is 0 Å². The Hall–Kier alpha value is -1.55. The van der Waals surface area contributed by atoms with Gasteiger partial charge in [0.1, 0.15) is 5.75 Å². The van der Waals surface area contributed by atoms with Gasteiger partial charge in [0.2, 0.25) is 0 Å². The summed E-state index contributed by atoms with van der Waals surface area (Å²) in [5.41, 5.74) is 6.82. The summed E-state index contributed by atoms with van der Waals surface area (Å²) in [6, 6.07) is 7.69. The second kappa shape index (κ2) is 6.91. The van der Waals surface area contributed by atoms with Crippen LogP contribution in [-0.4, -0.2) is 19.7 Å². The Balaban J connectivity index is 2.30. The molecule has 0 bridgehead atoms. The third-order valence-corrected chi connectivity index (χ3v) is 2.43. The number of hydrogen-bond donors (Lipinski definition) is 1. The number of esters is 1. The van der Waals surface area contributed by atoms with Crippen molar-refractivity contribution in [2.75, 3.05) is 13.7 Å². The van der Waals surface area contributed by atoms with E-state index in [1.165, 1.54) is 7.11 Å². The molecule has 0 saturated heterocycles. The second-order valence-corrected chi connectivity index (χ2v) is 3.89. The molecule has 0 saturated carbocycles. The molecule has 0 amide bonds. The Kier molecular flexibility index (Phi) is 5.49. The van der Waals surface area contributed by atoms with Crippen LogP contribution < -0.4 is 10.5 Å². The molecule has 0 aliphatic carbocycles. The van der Waals surface area contributed by atoms with Gasteiger partial charge in [-0.2, -0.15) is 0 Å². The Morgan fingerprint density at radius 1 is 1.35 bits per heavy atom. The first kappa shape index (κ1) is 13.5. The normalized spacial score (nSPS) is 11.9. The number of carbonyl (C=O) groups is 1. The van der Waals surface area contributed by atoms with E-state index in [1.54, 1.807) is 0 Å². The van der Waals surface area contributed by atoms with Crippen molar-refractivity contribution in [3.8, 4) is 5.75 Å². The number of hydrogen-bond acceptors (Lipinski definition) is 4. The van der Waals surface area contributed by atoms with Crippen molar-refractivity contribution in [1.29, 1.82) is 0 Å². The molecular weight excluding hydrogens is 218 g/mol. The lowest BCUT2D eigenvalue weighted by molar-refractivity contribution is -0.140. The first-order valence-corrected chi connectivity index (χ1v) is 5.68. The number of methoxy groups -OCH3 is 1. The fourth-order valence-corrected chi connectivity index (χ4v) is 1.38. The first-order chi connectivity index (χ1) is 8.13. The highest BCUT2D eigenvalue weighted by atomic mass is 16.5. The monoisotopic (exact) mass is 237 g/mol. The second-order valence-electron chi connectivity index (χ2n) is 3.89. The molecule has 0 heterocycles. The summed E-state index contributed by atoms with van der Waals surface area (Å²) in [6.45, 7) is 2.44. The summed E-state index contributed by atoms with van der Waals surface area (Å²) in [5, 5.41) is 0. The predicted molar refractivity (Wildman–Crippen MR) is 65.8 cm³/mol. The fraction of sp³-hybridized carbons (Fsp3) is 0.462. The van der Waals surface area contributed by atoms with Crippen LogP contribution in [0.15, 0.2) is 24.3 Å². The van der Waals surface area contributed by atoms with Crippen LogP contribution in [-0.2, 0) is 9.53 Å². The van der Waals surface area contributed by atoms with Gasteiger partial charge in [0.15, 0.2) is 0 Å². The molecule has 0 aliphatic rings. The van der Waals surface area contributed by atoms with Gasteiger partial charge in [-0.05, 0) is 31.0 Å². The summed E-state index contributed by atoms with van der Waals surface area (Å²) < 4.78 is 10.0. The van der Waals surface area contributed by atoms with Gasteiger partial charge in [-0.15, -0.1) is 0 Å². The van der Waals surface area contributed by atoms with Crippen molar-refractivity contribution < 1.29 is 14.3 Å². The summed E-state index contributed by atoms with van der Waals surface area (Å²) in [7, 11) is 1.38. The maximum absolute atomic E-state index is 10.9. The van der Waals surface area contributed by atoms with Crippen molar-refractivity contribution in [3.05, 3.63) is 29.8 Å². The summed E-state index contributed by atoms with van der Waals surface area (Å²) >= 11 is 0. The van der Waals surface area contributed by atoms with E-state index < -0.39 is 0 Å². The van der Waals surface area contributed by atoms with E-state index in [0.717, 1.165) is 11.3 Å². The van der Waals surface area contributed by atoms with E-state index in [4.69, 9.17) is 10.5 Å². The van der Waals surface area contributed by atoms with Crippen LogP contribution in [0.1, 0.15) is 31.4 Å². The van der Waals surface area contributed by atoms with Crippen molar-refractivity contribution in [1.82, 2.24) is 0 Å². The van der Waals surface area contributed by atoms with Crippen LogP contribution in [0.2, 0.25) is 0 Å². The number of nitrogens with two attached hydrogens (primary N) is 1. The Labute approximate surface area is 102 Å². The third-order valence-electron chi connectivity index (χ3n) is 2.43. The molecule has 17 heavy (non-hydrogen) atoms. The van der Waals surface area contributed by atoms with Crippen LogP contribution >= 0.6 is 0 Å². The summed E-state index contributed by atoms with van der Waals surface area (Å²) in [4.78, 5) is 10.9. The topological polar surface area (TPSA) is 61.5 Å². The molecule has 0 fully saturated rings. The molecule has 0 unspecified atom stereocenters. The highest BCUT2D eigenvalue weighted by molar-refractivity contribution is 5.69. The van der Waals surface area contributed by atoms with Gasteiger partial charge in [-0.1, -0.05) is 12.1 Å². The number of benzene rings is 1. The lowest BCUT2D eigenvalue weighted by Crippen LogP contribution is -2.06. The minimum Gasteiger partial charge on any atom is -0.494 e. The highest BCUT2D eigenvalue weighted by Crippen LogP contribution is 2.16. The molecule has 0 aliphatic heterocycles. The number of rotatable bonds is 6. The van der Waals surface area contributed by atoms with Gasteiger partial charge in [0, 0.05) is 12.5 Å². The first-order valence-electron chi connectivity index (χ1n) is 5.68. The molecule has 4 nitrogen and oxygen atoms in total. The van der Waals surface area contributed by atoms with Gasteiger partial charge < -0.3 is 15.2 Å². The molecule has 0 spiro atoms. The highest BCUT2D eigenvalue weighted by Gasteiger charge is 2.01. The van der Waals surface area contributed by atoms with E-state index in [1.807, 2.05) is 31.2 Å². The van der Waals surface area contributed by atoms with Crippen molar-refractivity contribution in [3.63, 3.8) is 0 Å². The standard InChI is InChI=1S/C13H19NO3/c1-10(14)11-5-7-12(8-6-11)17-9-3-4-13(15)16-2/h5-8,10H,3-4,9,14H2,1-2H3/t10-/m1/s1. The minimum absolute atomic E-state index is 0.0309. The maximum Gasteiger partial charge on any atom is 0.305 e. The Bertz CT molecular complexity index is 346. The van der Waals surface area contributed by atoms with Crippen molar-refractivity contribution >= 4 is 5.97 Å². The van der Waals surface area contributed by atoms with Gasteiger partial charge in [-0.3, -0.25) is 4.79 Å². The third kappa shape index (κ3) is 4.87. The van der Waals surface area contributed by atoms with Gasteiger partial charge in [0.05, 0.1) is 13.7 Å². The SMILES string of the molecule is COC(=O)CCCOc1ccc([C@@H](C)N)cc1. The average molecular weight is 237 g/mol. The average Bonchev–Trinajstić information content (AvgIpc) is 2.34. The van der Waals surface area contributed by atoms with Crippen molar-refractivity contribution in [2.45, 2.75) is 25.8 Å². The van der Waals surface area contributed by atoms with Gasteiger partial charge >= 0.3 is 5.97 Å². The molecule has 1 rings (SSSR count). The number of carbonyl (C=O) groups excluding carboxylic acids is 1. The molecule has 4 heteroatoms. The smallest absolute Gasteiger partial charge is 0.305 e. The zero-order valence-corrected chi connectivity index (χ0v) is 10.3. The van der Waals surface area contributed by atoms with Crippen molar-refractivity contribution in [2.24, 2.45) is 5.73 Å². The van der Waals surface area contributed by atoms with Crippen LogP contribution in [0.3, 0.4) is 0 Å². The van der Waals surface area contributed by atoms with Crippen LogP contribution in [0.4, 0.5) is 0 Å². The van der Waals surface area contributed by atoms with Crippen LogP contribution in [0.5, 0.6) is 5.75 Å². The summed E-state index contributed by atoms with van der Waals surface area (Å²) in [6.07, 6.45) is 1.04. The Morgan fingerprint density at radius 2 is 2.00 bits per heavy atom. The number of ether oxygens (including phenoxy) is 2. The molecule has 0 aromatic heterocycles. The molecule has 1 aromatic carbocycles. The lowest BCUT2D eigenvalue weighted by atomic mass is 10.1. The predicted octanol–water partition coefficient (Wildman–Crippen LogP) is 2.04. The molecule has 94 valence electrons. The Morgan fingerprint density at radius 3 is 2.53 bits per heavy atom. The van der Waals surface area contributed by atoms with E-state index in [9.17, 15) is 4.79 Å². The van der Waals surface area contributed by atoms with Gasteiger partial charge in [-0.25, -0.2) is 0 Å². The van der Waals surface area contributed by atoms with E-state index in [2.05, 4.69) is 4.74 Å². The van der Waals surface area contributed by atoms with Gasteiger partial charge in [0.25, 0.3) is 0 Å². The quantitative estimate of drug-likeness (QED) is 0.607. The minimum atomic E-state index is -0.207. The lowest BCUT2D eigenvalue weighted by Gasteiger charge is -2.08.